The van der Waals surface area contributed by atoms with E-state index in [2.05, 4.69) is 14.8 Å². The molecule has 0 amide bonds. The molecule has 0 aromatic heterocycles. The molecule has 0 bridgehead atoms. The van der Waals surface area contributed by atoms with Gasteiger partial charge in [0.2, 0.25) is 10.0 Å². The molecule has 10 heteroatoms. The van der Waals surface area contributed by atoms with Gasteiger partial charge in [-0.3, -0.25) is 0 Å². The number of alkyl halides is 3. The van der Waals surface area contributed by atoms with E-state index < -0.39 is 28.6 Å². The highest BCUT2D eigenvalue weighted by atomic mass is 32.2. The van der Waals surface area contributed by atoms with Gasteiger partial charge >= 0.3 is 12.1 Å². The molecule has 0 fully saturated rings. The highest BCUT2D eigenvalue weighted by Gasteiger charge is 2.26. The monoisotopic (exact) mass is 354 g/mol. The number of carbonyl (C=O) groups is 1. The third-order valence-corrected chi connectivity index (χ3v) is 4.34. The number of methoxy groups -OCH3 is 1. The molecular weight excluding hydrogens is 337 g/mol. The zero-order valence-electron chi connectivity index (χ0n) is 12.5. The van der Waals surface area contributed by atoms with Crippen molar-refractivity contribution in [2.45, 2.75) is 23.9 Å². The smallest absolute Gasteiger partial charge is 0.389 e. The molecule has 2 N–H and O–H groups in total. The number of benzene rings is 1. The predicted molar refractivity (Wildman–Crippen MR) is 77.8 cm³/mol. The number of carbonyl (C=O) groups excluding carboxylic acids is 1. The summed E-state index contributed by atoms with van der Waals surface area (Å²) in [4.78, 5) is 11.6. The van der Waals surface area contributed by atoms with Crippen LogP contribution in [0.2, 0.25) is 0 Å². The maximum absolute atomic E-state index is 12.1. The predicted octanol–water partition coefficient (Wildman–Crippen LogP) is 2.14. The lowest BCUT2D eigenvalue weighted by atomic mass is 10.1. The topological polar surface area (TPSA) is 84.5 Å². The van der Waals surface area contributed by atoms with Crippen molar-refractivity contribution in [2.24, 2.45) is 0 Å². The van der Waals surface area contributed by atoms with Gasteiger partial charge < -0.3 is 10.1 Å². The van der Waals surface area contributed by atoms with E-state index in [0.29, 0.717) is 0 Å². The van der Waals surface area contributed by atoms with Crippen LogP contribution in [0, 0.1) is 0 Å². The molecule has 6 nitrogen and oxygen atoms in total. The Kier molecular flexibility index (Phi) is 6.39. The van der Waals surface area contributed by atoms with Crippen LogP contribution in [0.4, 0.5) is 18.9 Å². The highest BCUT2D eigenvalue weighted by molar-refractivity contribution is 7.89. The summed E-state index contributed by atoms with van der Waals surface area (Å²) in [5.41, 5.74) is 0.130. The second kappa shape index (κ2) is 7.64. The van der Waals surface area contributed by atoms with Crippen molar-refractivity contribution >= 4 is 21.7 Å². The molecule has 23 heavy (non-hydrogen) atoms. The Labute approximate surface area is 132 Å². The number of halogens is 3. The van der Waals surface area contributed by atoms with Gasteiger partial charge in [-0.05, 0) is 31.7 Å². The maximum Gasteiger partial charge on any atom is 0.389 e. The largest absolute Gasteiger partial charge is 0.465 e. The Morgan fingerprint density at radius 1 is 1.30 bits per heavy atom. The maximum atomic E-state index is 12.1. The first-order valence-corrected chi connectivity index (χ1v) is 8.05. The number of ether oxygens (including phenoxy) is 1. The number of esters is 1. The van der Waals surface area contributed by atoms with E-state index in [1.807, 2.05) is 0 Å². The van der Waals surface area contributed by atoms with E-state index in [0.717, 1.165) is 13.2 Å². The van der Waals surface area contributed by atoms with E-state index in [-0.39, 0.29) is 29.1 Å². The van der Waals surface area contributed by atoms with Crippen molar-refractivity contribution in [3.8, 4) is 0 Å². The quantitative estimate of drug-likeness (QED) is 0.579. The number of sulfonamides is 1. The average Bonchev–Trinajstić information content (AvgIpc) is 2.49. The molecule has 0 heterocycles. The van der Waals surface area contributed by atoms with Gasteiger partial charge in [-0.1, -0.05) is 0 Å². The molecule has 0 unspecified atom stereocenters. The first kappa shape index (κ1) is 19.2. The Morgan fingerprint density at radius 3 is 2.48 bits per heavy atom. The summed E-state index contributed by atoms with van der Waals surface area (Å²) < 4.78 is 66.4. The molecule has 1 aromatic rings. The number of nitrogens with one attached hydrogen (secondary N) is 2. The van der Waals surface area contributed by atoms with Crippen LogP contribution in [0.1, 0.15) is 23.2 Å². The molecule has 0 spiro atoms. The molecule has 0 saturated heterocycles. The van der Waals surface area contributed by atoms with Gasteiger partial charge in [0.05, 0.1) is 17.6 Å². The summed E-state index contributed by atoms with van der Waals surface area (Å²) in [6.07, 6.45) is -5.39. The Balaban J connectivity index is 2.97. The third kappa shape index (κ3) is 5.71. The van der Waals surface area contributed by atoms with Crippen LogP contribution in [-0.4, -0.2) is 41.3 Å². The minimum absolute atomic E-state index is 0.0262. The number of rotatable bonds is 7. The molecule has 1 aromatic carbocycles. The summed E-state index contributed by atoms with van der Waals surface area (Å²) in [5.74, 6) is -0.795. The van der Waals surface area contributed by atoms with Crippen molar-refractivity contribution in [3.63, 3.8) is 0 Å². The SMILES string of the molecule is CNS(=O)(=O)c1ccc(NCCCC(F)(F)F)c(C(=O)OC)c1. The molecule has 0 atom stereocenters. The molecular formula is C13H17F3N2O4S. The van der Waals surface area contributed by atoms with Crippen molar-refractivity contribution in [1.82, 2.24) is 4.72 Å². The van der Waals surface area contributed by atoms with Crippen molar-refractivity contribution < 1.29 is 31.1 Å². The molecule has 0 aliphatic carbocycles. The van der Waals surface area contributed by atoms with Gasteiger partial charge in [0, 0.05) is 18.7 Å². The van der Waals surface area contributed by atoms with E-state index in [1.165, 1.54) is 19.2 Å². The minimum Gasteiger partial charge on any atom is -0.465 e. The van der Waals surface area contributed by atoms with Crippen LogP contribution in [0.25, 0.3) is 0 Å². The fraction of sp³-hybridized carbons (Fsp3) is 0.462. The van der Waals surface area contributed by atoms with Crippen molar-refractivity contribution in [1.29, 1.82) is 0 Å². The van der Waals surface area contributed by atoms with Gasteiger partial charge in [-0.15, -0.1) is 0 Å². The zero-order valence-corrected chi connectivity index (χ0v) is 13.3. The lowest BCUT2D eigenvalue weighted by molar-refractivity contribution is -0.134. The van der Waals surface area contributed by atoms with E-state index in [1.54, 1.807) is 0 Å². The molecule has 0 aliphatic heterocycles. The molecule has 1 rings (SSSR count). The van der Waals surface area contributed by atoms with Gasteiger partial charge in [0.25, 0.3) is 0 Å². The molecule has 0 saturated carbocycles. The molecule has 130 valence electrons. The summed E-state index contributed by atoms with van der Waals surface area (Å²) >= 11 is 0. The number of anilines is 1. The van der Waals surface area contributed by atoms with Crippen molar-refractivity contribution in [2.75, 3.05) is 26.0 Å². The third-order valence-electron chi connectivity index (χ3n) is 2.93. The highest BCUT2D eigenvalue weighted by Crippen LogP contribution is 2.23. The van der Waals surface area contributed by atoms with E-state index in [4.69, 9.17) is 0 Å². The second-order valence-corrected chi connectivity index (χ2v) is 6.44. The molecule has 0 aliphatic rings. The Hall–Kier alpha value is -1.81. The first-order valence-electron chi connectivity index (χ1n) is 6.57. The summed E-state index contributed by atoms with van der Waals surface area (Å²) in [7, 11) is -1.42. The summed E-state index contributed by atoms with van der Waals surface area (Å²) in [6, 6.07) is 3.65. The van der Waals surface area contributed by atoms with E-state index >= 15 is 0 Å². The number of hydrogen-bond acceptors (Lipinski definition) is 5. The van der Waals surface area contributed by atoms with Crippen LogP contribution >= 0.6 is 0 Å². The fourth-order valence-electron chi connectivity index (χ4n) is 1.75. The van der Waals surface area contributed by atoms with Gasteiger partial charge in [-0.25, -0.2) is 17.9 Å². The molecule has 0 radical (unpaired) electrons. The summed E-state index contributed by atoms with van der Waals surface area (Å²) in [6.45, 7) is -0.0262. The van der Waals surface area contributed by atoms with Crippen LogP contribution in [-0.2, 0) is 14.8 Å². The standard InChI is InChI=1S/C13H17F3N2O4S/c1-17-23(20,21)9-4-5-11(10(8-9)12(19)22-2)18-7-3-6-13(14,15)16/h4-5,8,17-18H,3,6-7H2,1-2H3. The van der Waals surface area contributed by atoms with Gasteiger partial charge in [0.1, 0.15) is 0 Å². The zero-order chi connectivity index (χ0) is 17.7. The Bertz CT molecular complexity index is 660. The first-order chi connectivity index (χ1) is 10.6. The van der Waals surface area contributed by atoms with Crippen molar-refractivity contribution in [3.05, 3.63) is 23.8 Å². The van der Waals surface area contributed by atoms with Gasteiger partial charge in [-0.2, -0.15) is 13.2 Å². The minimum atomic E-state index is -4.25. The number of hydrogen-bond donors (Lipinski definition) is 2. The second-order valence-electron chi connectivity index (χ2n) is 4.55. The normalized spacial score (nSPS) is 12.0. The fourth-order valence-corrected chi connectivity index (χ4v) is 2.51. The van der Waals surface area contributed by atoms with E-state index in [9.17, 15) is 26.4 Å². The summed E-state index contributed by atoms with van der Waals surface area (Å²) in [5, 5.41) is 2.68. The van der Waals surface area contributed by atoms with Crippen LogP contribution in [0.5, 0.6) is 0 Å². The van der Waals surface area contributed by atoms with Crippen LogP contribution in [0.3, 0.4) is 0 Å². The Morgan fingerprint density at radius 2 is 1.96 bits per heavy atom. The van der Waals surface area contributed by atoms with Crippen LogP contribution < -0.4 is 10.0 Å². The lowest BCUT2D eigenvalue weighted by Gasteiger charge is -2.13. The van der Waals surface area contributed by atoms with Gasteiger partial charge in [0.15, 0.2) is 0 Å². The van der Waals surface area contributed by atoms with Crippen LogP contribution in [0.15, 0.2) is 23.1 Å². The lowest BCUT2D eigenvalue weighted by Crippen LogP contribution is -2.20. The average molecular weight is 354 g/mol.